The highest BCUT2D eigenvalue weighted by Gasteiger charge is 2.21. The summed E-state index contributed by atoms with van der Waals surface area (Å²) in [5.41, 5.74) is 0.539. The van der Waals surface area contributed by atoms with Crippen molar-refractivity contribution >= 4 is 30.3 Å². The summed E-state index contributed by atoms with van der Waals surface area (Å²) in [5.74, 6) is -0.860. The standard InChI is InChI=1S/C13H18N2O3S/c1-8(2)7-10(12(16)17)15-13(18)14-9-5-3-4-6-11(9)19/h3-6,8,10,19H,7H2,1-2H3,(H,16,17)(H2,14,15,18). The van der Waals surface area contributed by atoms with E-state index in [2.05, 4.69) is 23.3 Å². The molecule has 19 heavy (non-hydrogen) atoms. The molecule has 1 unspecified atom stereocenters. The molecule has 0 radical (unpaired) electrons. The summed E-state index contributed by atoms with van der Waals surface area (Å²) in [6, 6.07) is 5.55. The Morgan fingerprint density at radius 3 is 2.47 bits per heavy atom. The summed E-state index contributed by atoms with van der Waals surface area (Å²) >= 11 is 4.20. The van der Waals surface area contributed by atoms with Gasteiger partial charge in [-0.05, 0) is 24.5 Å². The molecule has 0 aromatic heterocycles. The zero-order chi connectivity index (χ0) is 14.4. The molecule has 0 aliphatic heterocycles. The van der Waals surface area contributed by atoms with E-state index in [1.807, 2.05) is 13.8 Å². The van der Waals surface area contributed by atoms with Crippen LogP contribution < -0.4 is 10.6 Å². The molecule has 0 aliphatic carbocycles. The zero-order valence-electron chi connectivity index (χ0n) is 10.9. The largest absolute Gasteiger partial charge is 0.480 e. The van der Waals surface area contributed by atoms with Gasteiger partial charge in [-0.1, -0.05) is 26.0 Å². The van der Waals surface area contributed by atoms with Crippen LogP contribution in [0.1, 0.15) is 20.3 Å². The maximum Gasteiger partial charge on any atom is 0.326 e. The van der Waals surface area contributed by atoms with Crippen molar-refractivity contribution in [3.05, 3.63) is 24.3 Å². The van der Waals surface area contributed by atoms with Crippen LogP contribution in [0, 0.1) is 5.92 Å². The number of hydrogen-bond acceptors (Lipinski definition) is 3. The topological polar surface area (TPSA) is 78.4 Å². The molecule has 0 bridgehead atoms. The third kappa shape index (κ3) is 5.21. The molecule has 0 aliphatic rings. The molecule has 0 fully saturated rings. The van der Waals surface area contributed by atoms with E-state index < -0.39 is 18.0 Å². The molecule has 104 valence electrons. The molecule has 0 heterocycles. The highest BCUT2D eigenvalue weighted by atomic mass is 32.1. The van der Waals surface area contributed by atoms with Gasteiger partial charge in [0.2, 0.25) is 0 Å². The van der Waals surface area contributed by atoms with Crippen molar-refractivity contribution in [2.24, 2.45) is 5.92 Å². The number of rotatable bonds is 5. The Balaban J connectivity index is 2.63. The second kappa shape index (κ2) is 7.04. The van der Waals surface area contributed by atoms with Gasteiger partial charge in [-0.15, -0.1) is 12.6 Å². The van der Waals surface area contributed by atoms with Crippen molar-refractivity contribution in [1.82, 2.24) is 5.32 Å². The Kier molecular flexibility index (Phi) is 5.69. The number of carbonyl (C=O) groups excluding carboxylic acids is 1. The van der Waals surface area contributed by atoms with Gasteiger partial charge < -0.3 is 15.7 Å². The summed E-state index contributed by atoms with van der Waals surface area (Å²) in [6.07, 6.45) is 0.380. The Hall–Kier alpha value is -1.69. The van der Waals surface area contributed by atoms with E-state index in [4.69, 9.17) is 5.11 Å². The lowest BCUT2D eigenvalue weighted by Crippen LogP contribution is -2.43. The number of anilines is 1. The van der Waals surface area contributed by atoms with Crippen LogP contribution in [0.15, 0.2) is 29.2 Å². The highest BCUT2D eigenvalue weighted by Crippen LogP contribution is 2.18. The predicted molar refractivity (Wildman–Crippen MR) is 76.7 cm³/mol. The quantitative estimate of drug-likeness (QED) is 0.627. The van der Waals surface area contributed by atoms with Crippen molar-refractivity contribution < 1.29 is 14.7 Å². The van der Waals surface area contributed by atoms with Crippen LogP contribution in [-0.2, 0) is 4.79 Å². The van der Waals surface area contributed by atoms with E-state index in [0.29, 0.717) is 17.0 Å². The summed E-state index contributed by atoms with van der Waals surface area (Å²) in [5, 5.41) is 14.1. The Labute approximate surface area is 117 Å². The third-order valence-electron chi connectivity index (χ3n) is 2.46. The first kappa shape index (κ1) is 15.4. The molecule has 2 amide bonds. The highest BCUT2D eigenvalue weighted by molar-refractivity contribution is 7.80. The molecule has 1 rings (SSSR count). The van der Waals surface area contributed by atoms with E-state index in [1.165, 1.54) is 0 Å². The first-order chi connectivity index (χ1) is 8.90. The molecule has 1 aromatic rings. The molecule has 0 saturated carbocycles. The Bertz CT molecular complexity index is 463. The monoisotopic (exact) mass is 282 g/mol. The fourth-order valence-corrected chi connectivity index (χ4v) is 1.81. The third-order valence-corrected chi connectivity index (χ3v) is 2.85. The maximum absolute atomic E-state index is 11.7. The number of para-hydroxylation sites is 1. The minimum absolute atomic E-state index is 0.179. The first-order valence-corrected chi connectivity index (χ1v) is 6.43. The fourth-order valence-electron chi connectivity index (χ4n) is 1.59. The van der Waals surface area contributed by atoms with E-state index in [9.17, 15) is 9.59 Å². The van der Waals surface area contributed by atoms with Gasteiger partial charge in [0.1, 0.15) is 6.04 Å². The number of amides is 2. The van der Waals surface area contributed by atoms with Gasteiger partial charge in [0.25, 0.3) is 0 Å². The zero-order valence-corrected chi connectivity index (χ0v) is 11.8. The average Bonchev–Trinajstić information content (AvgIpc) is 2.30. The normalized spacial score (nSPS) is 12.0. The minimum Gasteiger partial charge on any atom is -0.480 e. The molecule has 5 nitrogen and oxygen atoms in total. The van der Waals surface area contributed by atoms with Crippen LogP contribution in [0.5, 0.6) is 0 Å². The van der Waals surface area contributed by atoms with Crippen LogP contribution in [0.25, 0.3) is 0 Å². The van der Waals surface area contributed by atoms with Gasteiger partial charge in [0.15, 0.2) is 0 Å². The maximum atomic E-state index is 11.7. The van der Waals surface area contributed by atoms with Crippen molar-refractivity contribution in [3.63, 3.8) is 0 Å². The van der Waals surface area contributed by atoms with Crippen LogP contribution in [0.3, 0.4) is 0 Å². The molecule has 6 heteroatoms. The van der Waals surface area contributed by atoms with Gasteiger partial charge in [0, 0.05) is 4.90 Å². The molecule has 0 spiro atoms. The number of carboxylic acids is 1. The van der Waals surface area contributed by atoms with E-state index in [-0.39, 0.29) is 5.92 Å². The van der Waals surface area contributed by atoms with Gasteiger partial charge in [-0.25, -0.2) is 9.59 Å². The number of carboxylic acid groups (broad SMARTS) is 1. The number of thiol groups is 1. The summed E-state index contributed by atoms with van der Waals surface area (Å²) in [7, 11) is 0. The molecule has 1 aromatic carbocycles. The second-order valence-corrected chi connectivity index (χ2v) is 5.12. The summed E-state index contributed by atoms with van der Waals surface area (Å²) in [6.45, 7) is 3.80. The van der Waals surface area contributed by atoms with E-state index in [0.717, 1.165) is 0 Å². The van der Waals surface area contributed by atoms with E-state index in [1.54, 1.807) is 24.3 Å². The molecular formula is C13H18N2O3S. The van der Waals surface area contributed by atoms with Gasteiger partial charge in [0.05, 0.1) is 5.69 Å². The van der Waals surface area contributed by atoms with E-state index >= 15 is 0 Å². The smallest absolute Gasteiger partial charge is 0.326 e. The van der Waals surface area contributed by atoms with Gasteiger partial charge in [-0.3, -0.25) is 0 Å². The van der Waals surface area contributed by atoms with Crippen molar-refractivity contribution in [1.29, 1.82) is 0 Å². The number of aliphatic carboxylic acids is 1. The molecule has 3 N–H and O–H groups in total. The molecular weight excluding hydrogens is 264 g/mol. The number of carbonyl (C=O) groups is 2. The molecule has 0 saturated heterocycles. The van der Waals surface area contributed by atoms with Crippen LogP contribution in [0.2, 0.25) is 0 Å². The summed E-state index contributed by atoms with van der Waals surface area (Å²) in [4.78, 5) is 23.4. The van der Waals surface area contributed by atoms with Crippen LogP contribution in [0.4, 0.5) is 10.5 Å². The minimum atomic E-state index is -1.04. The fraction of sp³-hybridized carbons (Fsp3) is 0.385. The van der Waals surface area contributed by atoms with Gasteiger partial charge in [-0.2, -0.15) is 0 Å². The van der Waals surface area contributed by atoms with Crippen molar-refractivity contribution in [3.8, 4) is 0 Å². The SMILES string of the molecule is CC(C)CC(NC(=O)Nc1ccccc1S)C(=O)O. The van der Waals surface area contributed by atoms with Crippen LogP contribution in [-0.4, -0.2) is 23.1 Å². The van der Waals surface area contributed by atoms with Crippen molar-refractivity contribution in [2.75, 3.05) is 5.32 Å². The Morgan fingerprint density at radius 2 is 1.95 bits per heavy atom. The van der Waals surface area contributed by atoms with Crippen molar-refractivity contribution in [2.45, 2.75) is 31.2 Å². The summed E-state index contributed by atoms with van der Waals surface area (Å²) < 4.78 is 0. The number of nitrogens with one attached hydrogen (secondary N) is 2. The lowest BCUT2D eigenvalue weighted by Gasteiger charge is -2.17. The van der Waals surface area contributed by atoms with Crippen LogP contribution >= 0.6 is 12.6 Å². The number of hydrogen-bond donors (Lipinski definition) is 4. The lowest BCUT2D eigenvalue weighted by atomic mass is 10.0. The average molecular weight is 282 g/mol. The second-order valence-electron chi connectivity index (χ2n) is 4.64. The first-order valence-electron chi connectivity index (χ1n) is 5.98. The number of urea groups is 1. The Morgan fingerprint density at radius 1 is 1.32 bits per heavy atom. The lowest BCUT2D eigenvalue weighted by molar-refractivity contribution is -0.139. The predicted octanol–water partition coefficient (Wildman–Crippen LogP) is 2.60. The molecule has 1 atom stereocenters. The van der Waals surface area contributed by atoms with Gasteiger partial charge >= 0.3 is 12.0 Å². The number of benzene rings is 1.